The molecular formula is C18H20N4O4. The Morgan fingerprint density at radius 2 is 2.19 bits per heavy atom. The Morgan fingerprint density at radius 3 is 2.96 bits per heavy atom. The first-order valence-corrected chi connectivity index (χ1v) is 8.66. The average molecular weight is 356 g/mol. The smallest absolute Gasteiger partial charge is 0.254 e. The van der Waals surface area contributed by atoms with Crippen molar-refractivity contribution in [2.75, 3.05) is 19.7 Å². The second-order valence-corrected chi connectivity index (χ2v) is 6.54. The highest BCUT2D eigenvalue weighted by Crippen LogP contribution is 2.26. The number of fused-ring (bicyclic) bond motifs is 1. The van der Waals surface area contributed by atoms with Crippen molar-refractivity contribution in [1.29, 1.82) is 0 Å². The number of carbonyl (C=O) groups is 2. The third-order valence-electron chi connectivity index (χ3n) is 4.70. The molecule has 0 radical (unpaired) electrons. The van der Waals surface area contributed by atoms with E-state index in [1.54, 1.807) is 23.2 Å². The molecule has 0 aliphatic carbocycles. The monoisotopic (exact) mass is 356 g/mol. The lowest BCUT2D eigenvalue weighted by atomic mass is 10.1. The number of carbonyl (C=O) groups excluding carboxylic acids is 2. The highest BCUT2D eigenvalue weighted by Gasteiger charge is 2.32. The maximum absolute atomic E-state index is 12.8. The summed E-state index contributed by atoms with van der Waals surface area (Å²) < 4.78 is 1.82. The molecule has 2 aliphatic rings. The van der Waals surface area contributed by atoms with Crippen molar-refractivity contribution in [1.82, 2.24) is 19.7 Å². The maximum Gasteiger partial charge on any atom is 0.254 e. The minimum absolute atomic E-state index is 0.0517. The van der Waals surface area contributed by atoms with Gasteiger partial charge in [-0.05, 0) is 30.7 Å². The molecule has 1 saturated heterocycles. The third kappa shape index (κ3) is 3.15. The first-order valence-electron chi connectivity index (χ1n) is 8.66. The van der Waals surface area contributed by atoms with Crippen molar-refractivity contribution >= 4 is 11.8 Å². The van der Waals surface area contributed by atoms with E-state index in [1.807, 2.05) is 10.7 Å². The lowest BCUT2D eigenvalue weighted by Gasteiger charge is -2.34. The minimum atomic E-state index is -0.244. The van der Waals surface area contributed by atoms with Gasteiger partial charge in [0.2, 0.25) is 5.91 Å². The Hall–Kier alpha value is -2.87. The molecule has 8 heteroatoms. The maximum atomic E-state index is 12.8. The molecule has 1 fully saturated rings. The Bertz CT molecular complexity index is 828. The van der Waals surface area contributed by atoms with Crippen molar-refractivity contribution in [3.63, 3.8) is 0 Å². The predicted molar refractivity (Wildman–Crippen MR) is 91.0 cm³/mol. The van der Waals surface area contributed by atoms with Gasteiger partial charge in [-0.15, -0.1) is 0 Å². The van der Waals surface area contributed by atoms with Crippen molar-refractivity contribution < 1.29 is 19.5 Å². The van der Waals surface area contributed by atoms with Crippen LogP contribution in [-0.4, -0.2) is 56.4 Å². The lowest BCUT2D eigenvalue weighted by Crippen LogP contribution is -2.43. The minimum Gasteiger partial charge on any atom is -0.508 e. The molecule has 0 bridgehead atoms. The SMILES string of the molecule is O=C(c1cccc(O)c1)N1Cc2ccnn2C(CC(=O)N2CCCO2)C1. The van der Waals surface area contributed by atoms with E-state index in [9.17, 15) is 14.7 Å². The molecule has 3 heterocycles. The van der Waals surface area contributed by atoms with Gasteiger partial charge in [0.1, 0.15) is 5.75 Å². The summed E-state index contributed by atoms with van der Waals surface area (Å²) in [6, 6.07) is 7.90. The van der Waals surface area contributed by atoms with E-state index in [4.69, 9.17) is 4.84 Å². The standard InChI is InChI=1S/C18H20N4O4/c23-16-4-1-3-13(9-16)18(25)20-11-14-5-6-19-22(14)15(12-20)10-17(24)21-7-2-8-26-21/h1,3-6,9,15,23H,2,7-8,10-12H2. The number of rotatable bonds is 3. The van der Waals surface area contributed by atoms with E-state index < -0.39 is 0 Å². The lowest BCUT2D eigenvalue weighted by molar-refractivity contribution is -0.169. The molecule has 2 aliphatic heterocycles. The number of benzene rings is 1. The van der Waals surface area contributed by atoms with E-state index in [0.29, 0.717) is 31.8 Å². The first-order chi connectivity index (χ1) is 12.6. The van der Waals surface area contributed by atoms with Gasteiger partial charge >= 0.3 is 0 Å². The molecule has 4 rings (SSSR count). The molecule has 1 unspecified atom stereocenters. The van der Waals surface area contributed by atoms with Gasteiger partial charge in [-0.3, -0.25) is 19.1 Å². The summed E-state index contributed by atoms with van der Waals surface area (Å²) in [6.45, 7) is 1.96. The number of phenols is 1. The van der Waals surface area contributed by atoms with Gasteiger partial charge in [-0.25, -0.2) is 5.06 Å². The van der Waals surface area contributed by atoms with Crippen molar-refractivity contribution in [3.8, 4) is 5.75 Å². The number of phenolic OH excluding ortho intramolecular Hbond substituents is 1. The third-order valence-corrected chi connectivity index (χ3v) is 4.70. The summed E-state index contributed by atoms with van der Waals surface area (Å²) >= 11 is 0. The zero-order chi connectivity index (χ0) is 18.1. The summed E-state index contributed by atoms with van der Waals surface area (Å²) in [5, 5.41) is 15.4. The Kier molecular flexibility index (Phi) is 4.34. The van der Waals surface area contributed by atoms with Crippen LogP contribution in [0.1, 0.15) is 34.9 Å². The zero-order valence-electron chi connectivity index (χ0n) is 14.2. The highest BCUT2D eigenvalue weighted by molar-refractivity contribution is 5.94. The van der Waals surface area contributed by atoms with E-state index >= 15 is 0 Å². The van der Waals surface area contributed by atoms with Crippen molar-refractivity contribution in [2.45, 2.75) is 25.4 Å². The number of aromatic hydroxyl groups is 1. The summed E-state index contributed by atoms with van der Waals surface area (Å²) in [5.74, 6) is -0.223. The number of hydrogen-bond donors (Lipinski definition) is 1. The number of amides is 2. The summed E-state index contributed by atoms with van der Waals surface area (Å²) in [6.07, 6.45) is 2.74. The summed E-state index contributed by atoms with van der Waals surface area (Å²) in [4.78, 5) is 32.3. The van der Waals surface area contributed by atoms with Gasteiger partial charge in [0.25, 0.3) is 5.91 Å². The zero-order valence-corrected chi connectivity index (χ0v) is 14.2. The van der Waals surface area contributed by atoms with E-state index in [-0.39, 0.29) is 30.0 Å². The normalized spacial score (nSPS) is 19.5. The quantitative estimate of drug-likeness (QED) is 0.897. The van der Waals surface area contributed by atoms with E-state index in [2.05, 4.69) is 5.10 Å². The molecule has 1 N–H and O–H groups in total. The van der Waals surface area contributed by atoms with Crippen LogP contribution >= 0.6 is 0 Å². The predicted octanol–water partition coefficient (Wildman–Crippen LogP) is 1.34. The first kappa shape index (κ1) is 16.6. The van der Waals surface area contributed by atoms with Gasteiger partial charge in [-0.2, -0.15) is 5.10 Å². The van der Waals surface area contributed by atoms with Crippen molar-refractivity contribution in [2.24, 2.45) is 0 Å². The Labute approximate surface area is 150 Å². The van der Waals surface area contributed by atoms with Crippen LogP contribution in [0.3, 0.4) is 0 Å². The van der Waals surface area contributed by atoms with Crippen LogP contribution in [0.5, 0.6) is 5.75 Å². The fraction of sp³-hybridized carbons (Fsp3) is 0.389. The molecule has 26 heavy (non-hydrogen) atoms. The molecular weight excluding hydrogens is 336 g/mol. The molecule has 1 aromatic heterocycles. The van der Waals surface area contributed by atoms with Crippen LogP contribution in [0.2, 0.25) is 0 Å². The number of nitrogens with zero attached hydrogens (tertiary/aromatic N) is 4. The van der Waals surface area contributed by atoms with Gasteiger partial charge in [-0.1, -0.05) is 6.07 Å². The number of hydroxylamine groups is 2. The fourth-order valence-electron chi connectivity index (χ4n) is 3.46. The molecule has 8 nitrogen and oxygen atoms in total. The van der Waals surface area contributed by atoms with Crippen LogP contribution in [-0.2, 0) is 16.2 Å². The number of aromatic nitrogens is 2. The highest BCUT2D eigenvalue weighted by atomic mass is 16.7. The summed E-state index contributed by atoms with van der Waals surface area (Å²) in [7, 11) is 0. The van der Waals surface area contributed by atoms with Crippen LogP contribution in [0.4, 0.5) is 0 Å². The molecule has 0 spiro atoms. The van der Waals surface area contributed by atoms with Crippen LogP contribution in [0, 0.1) is 0 Å². The molecule has 2 aromatic rings. The van der Waals surface area contributed by atoms with E-state index in [0.717, 1.165) is 12.1 Å². The fourth-order valence-corrected chi connectivity index (χ4v) is 3.46. The van der Waals surface area contributed by atoms with Gasteiger partial charge in [0, 0.05) is 18.3 Å². The van der Waals surface area contributed by atoms with Gasteiger partial charge in [0.15, 0.2) is 0 Å². The summed E-state index contributed by atoms with van der Waals surface area (Å²) in [5.41, 5.74) is 1.30. The topological polar surface area (TPSA) is 87.9 Å². The number of hydrogen-bond acceptors (Lipinski definition) is 5. The van der Waals surface area contributed by atoms with Crippen molar-refractivity contribution in [3.05, 3.63) is 47.8 Å². The Balaban J connectivity index is 1.54. The second kappa shape index (κ2) is 6.80. The van der Waals surface area contributed by atoms with Crippen LogP contribution in [0.25, 0.3) is 0 Å². The molecule has 136 valence electrons. The largest absolute Gasteiger partial charge is 0.508 e. The second-order valence-electron chi connectivity index (χ2n) is 6.54. The van der Waals surface area contributed by atoms with Gasteiger partial charge < -0.3 is 10.0 Å². The molecule has 0 saturated carbocycles. The average Bonchev–Trinajstić information content (AvgIpc) is 3.32. The van der Waals surface area contributed by atoms with Gasteiger partial charge in [0.05, 0.1) is 37.9 Å². The molecule has 2 amide bonds. The molecule has 1 aromatic carbocycles. The van der Waals surface area contributed by atoms with E-state index in [1.165, 1.54) is 17.2 Å². The Morgan fingerprint density at radius 1 is 1.31 bits per heavy atom. The van der Waals surface area contributed by atoms with Crippen LogP contribution in [0.15, 0.2) is 36.5 Å². The van der Waals surface area contributed by atoms with Crippen LogP contribution < -0.4 is 0 Å². The molecule has 1 atom stereocenters.